The molecule has 0 radical (unpaired) electrons. The molecule has 0 spiro atoms. The zero-order valence-corrected chi connectivity index (χ0v) is 13.0. The second-order valence-electron chi connectivity index (χ2n) is 6.08. The molecule has 0 fully saturated rings. The number of benzene rings is 1. The Morgan fingerprint density at radius 2 is 2.00 bits per heavy atom. The summed E-state index contributed by atoms with van der Waals surface area (Å²) < 4.78 is 16.2. The molecule has 0 aliphatic heterocycles. The SMILES string of the molecule is CC1(C)CC(=O)c2ccn(-c3cc(F)ccc3Br)c2C1. The van der Waals surface area contributed by atoms with E-state index in [2.05, 4.69) is 29.8 Å². The van der Waals surface area contributed by atoms with Gasteiger partial charge >= 0.3 is 0 Å². The minimum absolute atomic E-state index is 0.0556. The van der Waals surface area contributed by atoms with E-state index >= 15 is 0 Å². The third kappa shape index (κ3) is 2.22. The Kier molecular flexibility index (Phi) is 3.09. The lowest BCUT2D eigenvalue weighted by Gasteiger charge is -2.29. The largest absolute Gasteiger partial charge is 0.319 e. The number of halogens is 2. The monoisotopic (exact) mass is 335 g/mol. The summed E-state index contributed by atoms with van der Waals surface area (Å²) in [5, 5.41) is 0. The highest BCUT2D eigenvalue weighted by Crippen LogP contribution is 2.37. The van der Waals surface area contributed by atoms with Gasteiger partial charge in [-0.1, -0.05) is 13.8 Å². The summed E-state index contributed by atoms with van der Waals surface area (Å²) >= 11 is 3.45. The van der Waals surface area contributed by atoms with Gasteiger partial charge in [0, 0.05) is 28.3 Å². The Labute approximate surface area is 125 Å². The van der Waals surface area contributed by atoms with E-state index in [1.165, 1.54) is 12.1 Å². The van der Waals surface area contributed by atoms with Gasteiger partial charge in [0.25, 0.3) is 0 Å². The molecule has 4 heteroatoms. The fourth-order valence-electron chi connectivity index (χ4n) is 2.84. The maximum atomic E-state index is 13.5. The first-order valence-electron chi connectivity index (χ1n) is 6.56. The zero-order valence-electron chi connectivity index (χ0n) is 11.4. The minimum Gasteiger partial charge on any atom is -0.319 e. The average molecular weight is 336 g/mol. The maximum Gasteiger partial charge on any atom is 0.165 e. The third-order valence-electron chi connectivity index (χ3n) is 3.75. The number of carbonyl (C=O) groups is 1. The predicted molar refractivity (Wildman–Crippen MR) is 79.9 cm³/mol. The molecular weight excluding hydrogens is 321 g/mol. The van der Waals surface area contributed by atoms with Crippen LogP contribution in [0.5, 0.6) is 0 Å². The van der Waals surface area contributed by atoms with Crippen molar-refractivity contribution in [2.24, 2.45) is 5.41 Å². The molecular formula is C16H15BrFNO. The summed E-state index contributed by atoms with van der Waals surface area (Å²) in [6.07, 6.45) is 3.22. The fraction of sp³-hybridized carbons (Fsp3) is 0.312. The van der Waals surface area contributed by atoms with Crippen molar-refractivity contribution in [3.63, 3.8) is 0 Å². The molecule has 0 saturated heterocycles. The van der Waals surface area contributed by atoms with E-state index in [1.807, 2.05) is 16.8 Å². The Morgan fingerprint density at radius 1 is 1.25 bits per heavy atom. The maximum absolute atomic E-state index is 13.5. The lowest BCUT2D eigenvalue weighted by Crippen LogP contribution is -2.27. The van der Waals surface area contributed by atoms with Crippen LogP contribution in [0.25, 0.3) is 5.69 Å². The van der Waals surface area contributed by atoms with Crippen LogP contribution in [0, 0.1) is 11.2 Å². The van der Waals surface area contributed by atoms with Gasteiger partial charge in [-0.25, -0.2) is 4.39 Å². The smallest absolute Gasteiger partial charge is 0.165 e. The number of hydrogen-bond acceptors (Lipinski definition) is 1. The van der Waals surface area contributed by atoms with Crippen molar-refractivity contribution in [3.8, 4) is 5.69 Å². The number of nitrogens with zero attached hydrogens (tertiary/aromatic N) is 1. The lowest BCUT2D eigenvalue weighted by atomic mass is 9.76. The summed E-state index contributed by atoms with van der Waals surface area (Å²) in [7, 11) is 0. The Bertz CT molecular complexity index is 702. The number of hydrogen-bond donors (Lipinski definition) is 0. The molecule has 1 aliphatic rings. The first kappa shape index (κ1) is 13.6. The van der Waals surface area contributed by atoms with E-state index < -0.39 is 0 Å². The molecule has 104 valence electrons. The first-order chi connectivity index (χ1) is 9.37. The molecule has 0 N–H and O–H groups in total. The van der Waals surface area contributed by atoms with Crippen LogP contribution in [0.4, 0.5) is 4.39 Å². The number of carbonyl (C=O) groups excluding carboxylic acids is 1. The highest BCUT2D eigenvalue weighted by Gasteiger charge is 2.33. The van der Waals surface area contributed by atoms with Crippen molar-refractivity contribution in [2.45, 2.75) is 26.7 Å². The molecule has 2 nitrogen and oxygen atoms in total. The molecule has 3 rings (SSSR count). The summed E-state index contributed by atoms with van der Waals surface area (Å²) in [6.45, 7) is 4.18. The number of fused-ring (bicyclic) bond motifs is 1. The molecule has 2 aromatic rings. The molecule has 0 atom stereocenters. The average Bonchev–Trinajstić information content (AvgIpc) is 2.74. The van der Waals surface area contributed by atoms with E-state index in [0.717, 1.165) is 27.8 Å². The van der Waals surface area contributed by atoms with Gasteiger partial charge in [0.2, 0.25) is 0 Å². The standard InChI is InChI=1S/C16H15BrFNO/c1-16(2)8-14-11(15(20)9-16)5-6-19(14)13-7-10(18)3-4-12(13)17/h3-7H,8-9H2,1-2H3. The molecule has 1 aliphatic carbocycles. The van der Waals surface area contributed by atoms with Crippen LogP contribution in [0.2, 0.25) is 0 Å². The van der Waals surface area contributed by atoms with Gasteiger partial charge in [-0.05, 0) is 52.0 Å². The molecule has 0 unspecified atom stereocenters. The number of rotatable bonds is 1. The number of ketones is 1. The topological polar surface area (TPSA) is 22.0 Å². The number of Topliss-reactive ketones (excluding diaryl/α,β-unsaturated/α-hetero) is 1. The van der Waals surface area contributed by atoms with Crippen molar-refractivity contribution >= 4 is 21.7 Å². The fourth-order valence-corrected chi connectivity index (χ4v) is 3.28. The van der Waals surface area contributed by atoms with Gasteiger partial charge in [0.05, 0.1) is 5.69 Å². The highest BCUT2D eigenvalue weighted by atomic mass is 79.9. The predicted octanol–water partition coefficient (Wildman–Crippen LogP) is 4.53. The molecule has 0 saturated carbocycles. The second-order valence-corrected chi connectivity index (χ2v) is 6.94. The first-order valence-corrected chi connectivity index (χ1v) is 7.35. The molecule has 20 heavy (non-hydrogen) atoms. The second kappa shape index (κ2) is 4.55. The Balaban J connectivity index is 2.18. The van der Waals surface area contributed by atoms with E-state index in [4.69, 9.17) is 0 Å². The van der Waals surface area contributed by atoms with Crippen molar-refractivity contribution in [1.29, 1.82) is 0 Å². The van der Waals surface area contributed by atoms with Crippen LogP contribution < -0.4 is 0 Å². The summed E-state index contributed by atoms with van der Waals surface area (Å²) in [5.74, 6) is -0.116. The van der Waals surface area contributed by atoms with Crippen LogP contribution in [0.15, 0.2) is 34.9 Å². The minimum atomic E-state index is -0.285. The third-order valence-corrected chi connectivity index (χ3v) is 4.42. The van der Waals surface area contributed by atoms with Crippen LogP contribution in [-0.2, 0) is 6.42 Å². The normalized spacial score (nSPS) is 17.1. The van der Waals surface area contributed by atoms with Gasteiger partial charge in [0.1, 0.15) is 5.82 Å². The van der Waals surface area contributed by atoms with Crippen LogP contribution in [0.3, 0.4) is 0 Å². The van der Waals surface area contributed by atoms with Gasteiger partial charge in [0.15, 0.2) is 5.78 Å². The highest BCUT2D eigenvalue weighted by molar-refractivity contribution is 9.10. The zero-order chi connectivity index (χ0) is 14.5. The molecule has 1 heterocycles. The van der Waals surface area contributed by atoms with E-state index in [0.29, 0.717) is 6.42 Å². The molecule has 1 aromatic carbocycles. The Morgan fingerprint density at radius 3 is 2.75 bits per heavy atom. The quantitative estimate of drug-likeness (QED) is 0.750. The summed E-state index contributed by atoms with van der Waals surface area (Å²) in [6, 6.07) is 6.42. The van der Waals surface area contributed by atoms with Crippen LogP contribution in [0.1, 0.15) is 36.3 Å². The lowest BCUT2D eigenvalue weighted by molar-refractivity contribution is 0.0911. The van der Waals surface area contributed by atoms with Crippen LogP contribution in [-0.4, -0.2) is 10.4 Å². The summed E-state index contributed by atoms with van der Waals surface area (Å²) in [4.78, 5) is 12.2. The van der Waals surface area contributed by atoms with Crippen molar-refractivity contribution in [3.05, 3.63) is 52.0 Å². The van der Waals surface area contributed by atoms with Crippen molar-refractivity contribution < 1.29 is 9.18 Å². The summed E-state index contributed by atoms with van der Waals surface area (Å²) in [5.41, 5.74) is 2.41. The van der Waals surface area contributed by atoms with Crippen molar-refractivity contribution in [1.82, 2.24) is 4.57 Å². The Hall–Kier alpha value is -1.42. The van der Waals surface area contributed by atoms with Gasteiger partial charge in [-0.2, -0.15) is 0 Å². The van der Waals surface area contributed by atoms with Crippen molar-refractivity contribution in [2.75, 3.05) is 0 Å². The van der Waals surface area contributed by atoms with Gasteiger partial charge in [-0.15, -0.1) is 0 Å². The molecule has 0 amide bonds. The van der Waals surface area contributed by atoms with Gasteiger partial charge in [-0.3, -0.25) is 4.79 Å². The van der Waals surface area contributed by atoms with E-state index in [-0.39, 0.29) is 17.0 Å². The van der Waals surface area contributed by atoms with Crippen LogP contribution >= 0.6 is 15.9 Å². The molecule has 1 aromatic heterocycles. The van der Waals surface area contributed by atoms with E-state index in [1.54, 1.807) is 6.07 Å². The number of aromatic nitrogens is 1. The van der Waals surface area contributed by atoms with E-state index in [9.17, 15) is 9.18 Å². The molecule has 0 bridgehead atoms. The van der Waals surface area contributed by atoms with Gasteiger partial charge < -0.3 is 4.57 Å².